The minimum atomic E-state index is -0.179. The summed E-state index contributed by atoms with van der Waals surface area (Å²) in [5, 5.41) is 8.77. The van der Waals surface area contributed by atoms with Crippen LogP contribution in [0.5, 0.6) is 11.5 Å². The van der Waals surface area contributed by atoms with Gasteiger partial charge in [-0.1, -0.05) is 18.2 Å². The van der Waals surface area contributed by atoms with Crippen molar-refractivity contribution >= 4 is 6.08 Å². The molecule has 1 fully saturated rings. The van der Waals surface area contributed by atoms with Crippen LogP contribution in [0.4, 0.5) is 0 Å². The summed E-state index contributed by atoms with van der Waals surface area (Å²) in [7, 11) is 1.61. The van der Waals surface area contributed by atoms with E-state index in [9.17, 15) is 0 Å². The summed E-state index contributed by atoms with van der Waals surface area (Å²) in [6.07, 6.45) is 6.48. The molecule has 1 aromatic carbocycles. The van der Waals surface area contributed by atoms with Gasteiger partial charge in [0.25, 0.3) is 0 Å². The third-order valence-corrected chi connectivity index (χ3v) is 3.00. The largest absolute Gasteiger partial charge is 0.493 e. The van der Waals surface area contributed by atoms with E-state index in [0.717, 1.165) is 31.4 Å². The molecule has 2 rings (SSSR count). The Morgan fingerprint density at radius 3 is 2.95 bits per heavy atom. The van der Waals surface area contributed by atoms with E-state index in [-0.39, 0.29) is 12.9 Å². The van der Waals surface area contributed by atoms with Crippen LogP contribution < -0.4 is 9.47 Å². The van der Waals surface area contributed by atoms with Gasteiger partial charge < -0.3 is 19.3 Å². The Balaban J connectivity index is 2.08. The van der Waals surface area contributed by atoms with Crippen molar-refractivity contribution in [2.45, 2.75) is 25.6 Å². The van der Waals surface area contributed by atoms with Gasteiger partial charge in [-0.3, -0.25) is 0 Å². The standard InChI is InChI=1S/C15H20O4/c1-17-14-11-12(5-4-9-16)7-8-13(14)19-15-6-2-3-10-18-15/h4-5,7-8,11,15-16H,2-3,6,9-10H2,1H3/b5-4+. The molecule has 1 aliphatic rings. The zero-order valence-corrected chi connectivity index (χ0v) is 11.2. The van der Waals surface area contributed by atoms with Crippen LogP contribution in [0.1, 0.15) is 24.8 Å². The van der Waals surface area contributed by atoms with Crippen molar-refractivity contribution in [1.82, 2.24) is 0 Å². The second kappa shape index (κ2) is 7.16. The van der Waals surface area contributed by atoms with Crippen molar-refractivity contribution in [2.24, 2.45) is 0 Å². The quantitative estimate of drug-likeness (QED) is 0.888. The zero-order valence-electron chi connectivity index (χ0n) is 11.2. The number of aliphatic hydroxyl groups excluding tert-OH is 1. The minimum absolute atomic E-state index is 0.0243. The molecule has 1 heterocycles. The number of aliphatic hydroxyl groups is 1. The Morgan fingerprint density at radius 1 is 1.37 bits per heavy atom. The van der Waals surface area contributed by atoms with Gasteiger partial charge >= 0.3 is 0 Å². The maximum absolute atomic E-state index is 8.77. The Morgan fingerprint density at radius 2 is 2.26 bits per heavy atom. The van der Waals surface area contributed by atoms with Crippen LogP contribution in [0.15, 0.2) is 24.3 Å². The lowest BCUT2D eigenvalue weighted by Crippen LogP contribution is -2.25. The summed E-state index contributed by atoms with van der Waals surface area (Å²) in [4.78, 5) is 0. The van der Waals surface area contributed by atoms with Gasteiger partial charge in [0.1, 0.15) is 0 Å². The normalized spacial score (nSPS) is 19.6. The van der Waals surface area contributed by atoms with E-state index in [1.54, 1.807) is 13.2 Å². The molecule has 1 unspecified atom stereocenters. The van der Waals surface area contributed by atoms with Crippen molar-refractivity contribution in [2.75, 3.05) is 20.3 Å². The topological polar surface area (TPSA) is 47.9 Å². The summed E-state index contributed by atoms with van der Waals surface area (Å²) in [5.41, 5.74) is 0.961. The fourth-order valence-electron chi connectivity index (χ4n) is 2.02. The van der Waals surface area contributed by atoms with Gasteiger partial charge in [0.15, 0.2) is 17.8 Å². The first-order valence-electron chi connectivity index (χ1n) is 6.57. The van der Waals surface area contributed by atoms with Crippen LogP contribution in [0.3, 0.4) is 0 Å². The van der Waals surface area contributed by atoms with Crippen LogP contribution in [-0.2, 0) is 4.74 Å². The van der Waals surface area contributed by atoms with Crippen LogP contribution in [0, 0.1) is 0 Å². The highest BCUT2D eigenvalue weighted by Gasteiger charge is 2.17. The summed E-state index contributed by atoms with van der Waals surface area (Å²) in [6, 6.07) is 5.67. The second-order valence-corrected chi connectivity index (χ2v) is 4.41. The van der Waals surface area contributed by atoms with Gasteiger partial charge in [-0.2, -0.15) is 0 Å². The maximum Gasteiger partial charge on any atom is 0.200 e. The molecule has 4 nitrogen and oxygen atoms in total. The Labute approximate surface area is 113 Å². The molecule has 1 aromatic rings. The first kappa shape index (κ1) is 13.9. The van der Waals surface area contributed by atoms with Crippen molar-refractivity contribution in [3.63, 3.8) is 0 Å². The molecular weight excluding hydrogens is 244 g/mol. The third kappa shape index (κ3) is 3.98. The van der Waals surface area contributed by atoms with Gasteiger partial charge in [-0.15, -0.1) is 0 Å². The molecular formula is C15H20O4. The highest BCUT2D eigenvalue weighted by Crippen LogP contribution is 2.31. The minimum Gasteiger partial charge on any atom is -0.493 e. The lowest BCUT2D eigenvalue weighted by atomic mass is 10.2. The molecule has 1 saturated heterocycles. The van der Waals surface area contributed by atoms with E-state index in [0.29, 0.717) is 11.5 Å². The monoisotopic (exact) mass is 264 g/mol. The summed E-state index contributed by atoms with van der Waals surface area (Å²) < 4.78 is 16.7. The fourth-order valence-corrected chi connectivity index (χ4v) is 2.02. The molecule has 0 saturated carbocycles. The van der Waals surface area contributed by atoms with Gasteiger partial charge in [-0.05, 0) is 30.5 Å². The fraction of sp³-hybridized carbons (Fsp3) is 0.467. The average Bonchev–Trinajstić information content (AvgIpc) is 2.47. The molecule has 1 N–H and O–H groups in total. The molecule has 0 radical (unpaired) electrons. The van der Waals surface area contributed by atoms with Crippen molar-refractivity contribution < 1.29 is 19.3 Å². The van der Waals surface area contributed by atoms with Gasteiger partial charge in [0, 0.05) is 6.42 Å². The maximum atomic E-state index is 8.77. The Kier molecular flexibility index (Phi) is 5.24. The predicted octanol–water partition coefficient (Wildman–Crippen LogP) is 2.61. The number of ether oxygens (including phenoxy) is 3. The lowest BCUT2D eigenvalue weighted by molar-refractivity contribution is -0.106. The molecule has 104 valence electrons. The third-order valence-electron chi connectivity index (χ3n) is 3.00. The van der Waals surface area contributed by atoms with E-state index in [4.69, 9.17) is 19.3 Å². The van der Waals surface area contributed by atoms with E-state index < -0.39 is 0 Å². The Bertz CT molecular complexity index is 422. The SMILES string of the molecule is COc1cc(/C=C/CO)ccc1OC1CCCCO1. The molecule has 0 bridgehead atoms. The highest BCUT2D eigenvalue weighted by molar-refractivity contribution is 5.55. The van der Waals surface area contributed by atoms with E-state index >= 15 is 0 Å². The summed E-state index contributed by atoms with van der Waals surface area (Å²) >= 11 is 0. The van der Waals surface area contributed by atoms with Gasteiger partial charge in [0.2, 0.25) is 0 Å². The van der Waals surface area contributed by atoms with Crippen molar-refractivity contribution in [1.29, 1.82) is 0 Å². The van der Waals surface area contributed by atoms with Crippen LogP contribution in [-0.4, -0.2) is 31.7 Å². The predicted molar refractivity (Wildman–Crippen MR) is 73.3 cm³/mol. The van der Waals surface area contributed by atoms with Gasteiger partial charge in [0.05, 0.1) is 20.3 Å². The molecule has 4 heteroatoms. The molecule has 0 aliphatic carbocycles. The number of hydrogen-bond donors (Lipinski definition) is 1. The summed E-state index contributed by atoms with van der Waals surface area (Å²) in [5.74, 6) is 1.37. The molecule has 0 spiro atoms. The molecule has 0 aromatic heterocycles. The summed E-state index contributed by atoms with van der Waals surface area (Å²) in [6.45, 7) is 0.779. The average molecular weight is 264 g/mol. The first-order chi connectivity index (χ1) is 9.33. The molecule has 1 aliphatic heterocycles. The number of rotatable bonds is 5. The number of methoxy groups -OCH3 is 1. The van der Waals surface area contributed by atoms with Crippen molar-refractivity contribution in [3.05, 3.63) is 29.8 Å². The smallest absolute Gasteiger partial charge is 0.200 e. The molecule has 19 heavy (non-hydrogen) atoms. The molecule has 1 atom stereocenters. The van der Waals surface area contributed by atoms with E-state index in [2.05, 4.69) is 0 Å². The van der Waals surface area contributed by atoms with E-state index in [1.165, 1.54) is 0 Å². The van der Waals surface area contributed by atoms with Crippen LogP contribution in [0.2, 0.25) is 0 Å². The second-order valence-electron chi connectivity index (χ2n) is 4.41. The highest BCUT2D eigenvalue weighted by atomic mass is 16.7. The van der Waals surface area contributed by atoms with Crippen molar-refractivity contribution in [3.8, 4) is 11.5 Å². The van der Waals surface area contributed by atoms with Crippen LogP contribution in [0.25, 0.3) is 6.08 Å². The zero-order chi connectivity index (χ0) is 13.5. The van der Waals surface area contributed by atoms with Gasteiger partial charge in [-0.25, -0.2) is 0 Å². The molecule has 0 amide bonds. The lowest BCUT2D eigenvalue weighted by Gasteiger charge is -2.24. The van der Waals surface area contributed by atoms with E-state index in [1.807, 2.05) is 24.3 Å². The first-order valence-corrected chi connectivity index (χ1v) is 6.57. The Hall–Kier alpha value is -1.52. The van der Waals surface area contributed by atoms with Crippen LogP contribution >= 0.6 is 0 Å². The number of benzene rings is 1. The number of hydrogen-bond acceptors (Lipinski definition) is 4.